The third-order valence-electron chi connectivity index (χ3n) is 2.58. The van der Waals surface area contributed by atoms with Gasteiger partial charge in [0.2, 0.25) is 0 Å². The van der Waals surface area contributed by atoms with E-state index < -0.39 is 0 Å². The van der Waals surface area contributed by atoms with Crippen LogP contribution in [0.5, 0.6) is 0 Å². The van der Waals surface area contributed by atoms with E-state index in [1.807, 2.05) is 7.05 Å². The van der Waals surface area contributed by atoms with Gasteiger partial charge in [-0.1, -0.05) is 0 Å². The Balaban J connectivity index is 2.14. The molecule has 0 radical (unpaired) electrons. The topological polar surface area (TPSA) is 33.7 Å². The van der Waals surface area contributed by atoms with Crippen molar-refractivity contribution in [2.24, 2.45) is 0 Å². The van der Waals surface area contributed by atoms with E-state index in [9.17, 15) is 0 Å². The molecule has 1 fully saturated rings. The van der Waals surface area contributed by atoms with Crippen molar-refractivity contribution in [3.8, 4) is 0 Å². The summed E-state index contributed by atoms with van der Waals surface area (Å²) < 4.78 is 10.3. The quantitative estimate of drug-likeness (QED) is 0.555. The van der Waals surface area contributed by atoms with Gasteiger partial charge in [0.1, 0.15) is 0 Å². The third-order valence-corrected chi connectivity index (χ3v) is 3.01. The summed E-state index contributed by atoms with van der Waals surface area (Å²) in [6, 6.07) is 0.437. The summed E-state index contributed by atoms with van der Waals surface area (Å²) in [5, 5.41) is 4.02. The fourth-order valence-corrected chi connectivity index (χ4v) is 1.78. The lowest BCUT2D eigenvalue weighted by atomic mass is 10.2. The van der Waals surface area contributed by atoms with Crippen molar-refractivity contribution in [1.29, 1.82) is 0 Å². The lowest BCUT2D eigenvalue weighted by Gasteiger charge is -2.26. The summed E-state index contributed by atoms with van der Waals surface area (Å²) in [6.07, 6.45) is 2.04. The molecule has 1 saturated heterocycles. The lowest BCUT2D eigenvalue weighted by molar-refractivity contribution is 0.178. The van der Waals surface area contributed by atoms with Crippen LogP contribution in [0.4, 0.5) is 0 Å². The van der Waals surface area contributed by atoms with Gasteiger partial charge >= 0.3 is 0 Å². The minimum Gasteiger partial charge on any atom is -0.385 e. The molecule has 1 N–H and O–H groups in total. The second-order valence-corrected chi connectivity index (χ2v) is 4.09. The van der Waals surface area contributed by atoms with Crippen molar-refractivity contribution in [3.05, 3.63) is 0 Å². The summed E-state index contributed by atoms with van der Waals surface area (Å²) in [5.74, 6) is 0. The zero-order chi connectivity index (χ0) is 11.1. The van der Waals surface area contributed by atoms with Gasteiger partial charge in [-0.2, -0.15) is 0 Å². The average Bonchev–Trinajstić information content (AvgIpc) is 2.76. The number of nitrogens with one attached hydrogen (secondary N) is 1. The van der Waals surface area contributed by atoms with Gasteiger partial charge in [0.05, 0.1) is 12.6 Å². The Morgan fingerprint density at radius 3 is 3.07 bits per heavy atom. The predicted molar refractivity (Wildman–Crippen MR) is 64.1 cm³/mol. The maximum Gasteiger partial charge on any atom is 0.169 e. The highest BCUT2D eigenvalue weighted by molar-refractivity contribution is 7.80. The SMILES string of the molecule is COCCCNC(=S)N(C)C1CCOC1. The number of nitrogens with zero attached hydrogens (tertiary/aromatic N) is 1. The van der Waals surface area contributed by atoms with Gasteiger partial charge in [-0.25, -0.2) is 0 Å². The number of hydrogen-bond acceptors (Lipinski definition) is 3. The second kappa shape index (κ2) is 6.98. The van der Waals surface area contributed by atoms with Crippen LogP contribution in [0.15, 0.2) is 0 Å². The predicted octanol–water partition coefficient (Wildman–Crippen LogP) is 0.618. The standard InChI is InChI=1S/C10H20N2O2S/c1-12(9-4-7-14-8-9)10(15)11-5-3-6-13-2/h9H,3-8H2,1-2H3,(H,11,15). The van der Waals surface area contributed by atoms with E-state index in [1.165, 1.54) is 0 Å². The first-order chi connectivity index (χ1) is 7.25. The van der Waals surface area contributed by atoms with Gasteiger partial charge in [0, 0.05) is 33.9 Å². The fourth-order valence-electron chi connectivity index (χ4n) is 1.53. The molecule has 88 valence electrons. The number of hydrogen-bond donors (Lipinski definition) is 1. The summed E-state index contributed by atoms with van der Waals surface area (Å²) in [7, 11) is 3.73. The van der Waals surface area contributed by atoms with Gasteiger partial charge in [0.15, 0.2) is 5.11 Å². The van der Waals surface area contributed by atoms with Gasteiger partial charge < -0.3 is 19.7 Å². The van der Waals surface area contributed by atoms with E-state index in [4.69, 9.17) is 21.7 Å². The van der Waals surface area contributed by atoms with Gasteiger partial charge in [0.25, 0.3) is 0 Å². The lowest BCUT2D eigenvalue weighted by Crippen LogP contribution is -2.44. The molecular formula is C10H20N2O2S. The van der Waals surface area contributed by atoms with E-state index in [2.05, 4.69) is 10.2 Å². The molecule has 0 saturated carbocycles. The van der Waals surface area contributed by atoms with Crippen LogP contribution in [-0.2, 0) is 9.47 Å². The number of thiocarbonyl (C=S) groups is 1. The van der Waals surface area contributed by atoms with Crippen molar-refractivity contribution >= 4 is 17.3 Å². The molecule has 1 rings (SSSR count). The van der Waals surface area contributed by atoms with E-state index in [-0.39, 0.29) is 0 Å². The highest BCUT2D eigenvalue weighted by Gasteiger charge is 2.21. The average molecular weight is 232 g/mol. The first-order valence-electron chi connectivity index (χ1n) is 5.33. The number of likely N-dealkylation sites (N-methyl/N-ethyl adjacent to an activating group) is 1. The number of ether oxygens (including phenoxy) is 2. The normalized spacial score (nSPS) is 20.3. The van der Waals surface area contributed by atoms with Crippen LogP contribution in [0, 0.1) is 0 Å². The zero-order valence-electron chi connectivity index (χ0n) is 9.49. The van der Waals surface area contributed by atoms with Gasteiger partial charge in [-0.15, -0.1) is 0 Å². The summed E-state index contributed by atoms with van der Waals surface area (Å²) in [6.45, 7) is 3.27. The van der Waals surface area contributed by atoms with Crippen molar-refractivity contribution in [1.82, 2.24) is 10.2 Å². The van der Waals surface area contributed by atoms with Crippen LogP contribution in [0.25, 0.3) is 0 Å². The Kier molecular flexibility index (Phi) is 5.90. The van der Waals surface area contributed by atoms with Crippen LogP contribution in [0.3, 0.4) is 0 Å². The minimum atomic E-state index is 0.437. The Morgan fingerprint density at radius 2 is 2.47 bits per heavy atom. The maximum atomic E-state index is 5.32. The van der Waals surface area contributed by atoms with Crippen LogP contribution in [0.1, 0.15) is 12.8 Å². The molecule has 1 unspecified atom stereocenters. The van der Waals surface area contributed by atoms with Gasteiger partial charge in [-0.05, 0) is 25.1 Å². The molecular weight excluding hydrogens is 212 g/mol. The van der Waals surface area contributed by atoms with E-state index in [1.54, 1.807) is 7.11 Å². The van der Waals surface area contributed by atoms with Gasteiger partial charge in [-0.3, -0.25) is 0 Å². The largest absolute Gasteiger partial charge is 0.385 e. The monoisotopic (exact) mass is 232 g/mol. The van der Waals surface area contributed by atoms with E-state index in [0.29, 0.717) is 6.04 Å². The van der Waals surface area contributed by atoms with Crippen molar-refractivity contribution in [2.45, 2.75) is 18.9 Å². The first-order valence-corrected chi connectivity index (χ1v) is 5.74. The molecule has 1 heterocycles. The van der Waals surface area contributed by atoms with Crippen molar-refractivity contribution in [3.63, 3.8) is 0 Å². The molecule has 1 aliphatic rings. The second-order valence-electron chi connectivity index (χ2n) is 3.71. The molecule has 0 aromatic carbocycles. The molecule has 0 aromatic rings. The number of rotatable bonds is 5. The molecule has 0 aliphatic carbocycles. The highest BCUT2D eigenvalue weighted by atomic mass is 32.1. The number of methoxy groups -OCH3 is 1. The van der Waals surface area contributed by atoms with Crippen LogP contribution in [-0.4, -0.2) is 56.6 Å². The molecule has 4 nitrogen and oxygen atoms in total. The summed E-state index contributed by atoms with van der Waals surface area (Å²) in [5.41, 5.74) is 0. The minimum absolute atomic E-state index is 0.437. The molecule has 1 aliphatic heterocycles. The van der Waals surface area contributed by atoms with E-state index in [0.717, 1.165) is 44.3 Å². The molecule has 1 atom stereocenters. The Morgan fingerprint density at radius 1 is 1.67 bits per heavy atom. The maximum absolute atomic E-state index is 5.32. The molecule has 15 heavy (non-hydrogen) atoms. The zero-order valence-corrected chi connectivity index (χ0v) is 10.3. The van der Waals surface area contributed by atoms with Crippen molar-refractivity contribution in [2.75, 3.05) is 40.5 Å². The first kappa shape index (κ1) is 12.7. The van der Waals surface area contributed by atoms with E-state index >= 15 is 0 Å². The Hall–Kier alpha value is -0.390. The van der Waals surface area contributed by atoms with Crippen LogP contribution in [0.2, 0.25) is 0 Å². The molecule has 0 spiro atoms. The smallest absolute Gasteiger partial charge is 0.169 e. The fraction of sp³-hybridized carbons (Fsp3) is 0.900. The third kappa shape index (κ3) is 4.32. The molecule has 5 heteroatoms. The van der Waals surface area contributed by atoms with Crippen molar-refractivity contribution < 1.29 is 9.47 Å². The summed E-state index contributed by atoms with van der Waals surface area (Å²) >= 11 is 5.28. The molecule has 0 amide bonds. The Labute approximate surface area is 96.9 Å². The summed E-state index contributed by atoms with van der Waals surface area (Å²) in [4.78, 5) is 2.09. The van der Waals surface area contributed by atoms with Crippen LogP contribution >= 0.6 is 12.2 Å². The molecule has 0 aromatic heterocycles. The molecule has 0 bridgehead atoms. The Bertz CT molecular complexity index is 196. The highest BCUT2D eigenvalue weighted by Crippen LogP contribution is 2.10. The van der Waals surface area contributed by atoms with Crippen LogP contribution < -0.4 is 5.32 Å².